The molecule has 0 atom stereocenters. The van der Waals surface area contributed by atoms with E-state index in [9.17, 15) is 0 Å². The normalized spacial score (nSPS) is 16.2. The number of fused-ring (bicyclic) bond motifs is 18. The van der Waals surface area contributed by atoms with E-state index in [1.54, 1.807) is 0 Å². The van der Waals surface area contributed by atoms with Gasteiger partial charge in [-0.3, -0.25) is 0 Å². The Morgan fingerprint density at radius 3 is 0.955 bits per heavy atom. The molecule has 0 fully saturated rings. The summed E-state index contributed by atoms with van der Waals surface area (Å²) in [5.74, 6) is 0. The number of hydrogen-bond acceptors (Lipinski definition) is 1. The highest BCUT2D eigenvalue weighted by atomic mass is 15.1. The second kappa shape index (κ2) is 13.7. The standard InChI is InChI=1S/C66H55N/c1-40-22-30-53-59(34-40)65(60-35-41(2)23-31-54(60)63(53,5)6)51-20-14-12-18-47(51)49-28-26-45(38-57(49)65)67(44-16-10-9-11-17-44)46-27-29-50-48-19-13-15-21-52(48)66(58(50)39-46)61-36-42(3)24-32-55(61)64(7,8)56-33-25-43(4)37-62(56)66/h9-39H,1-8H3. The van der Waals surface area contributed by atoms with Gasteiger partial charge in [0.2, 0.25) is 0 Å². The van der Waals surface area contributed by atoms with Crippen molar-refractivity contribution in [3.63, 3.8) is 0 Å². The summed E-state index contributed by atoms with van der Waals surface area (Å²) in [4.78, 5) is 2.52. The summed E-state index contributed by atoms with van der Waals surface area (Å²) < 4.78 is 0. The highest BCUT2D eigenvalue weighted by Gasteiger charge is 2.55. The molecule has 0 aliphatic heterocycles. The molecule has 0 aromatic heterocycles. The fraction of sp³-hybridized carbons (Fsp3) is 0.182. The Bertz CT molecular complexity index is 3250. The average Bonchev–Trinajstić information content (AvgIpc) is 3.78. The third-order valence-electron chi connectivity index (χ3n) is 16.6. The number of rotatable bonds is 3. The Balaban J connectivity index is 1.11. The summed E-state index contributed by atoms with van der Waals surface area (Å²) in [7, 11) is 0. The maximum atomic E-state index is 2.55. The third kappa shape index (κ3) is 5.10. The quantitative estimate of drug-likeness (QED) is 0.171. The summed E-state index contributed by atoms with van der Waals surface area (Å²) in [6.45, 7) is 18.7. The molecule has 13 rings (SSSR count). The van der Waals surface area contributed by atoms with E-state index in [0.29, 0.717) is 0 Å². The molecular formula is C66H55N. The lowest BCUT2D eigenvalue weighted by atomic mass is 9.55. The molecule has 4 aliphatic carbocycles. The summed E-state index contributed by atoms with van der Waals surface area (Å²) in [5, 5.41) is 0. The summed E-state index contributed by atoms with van der Waals surface area (Å²) in [6, 6.07) is 73.1. The zero-order valence-corrected chi connectivity index (χ0v) is 39.8. The molecule has 0 saturated heterocycles. The molecule has 1 nitrogen and oxygen atoms in total. The molecule has 0 N–H and O–H groups in total. The minimum absolute atomic E-state index is 0.177. The molecule has 0 heterocycles. The van der Waals surface area contributed by atoms with Crippen LogP contribution in [-0.2, 0) is 21.7 Å². The molecular weight excluding hydrogens is 807 g/mol. The van der Waals surface area contributed by atoms with E-state index in [0.717, 1.165) is 17.1 Å². The first-order chi connectivity index (χ1) is 32.4. The number of nitrogens with zero attached hydrogens (tertiary/aromatic N) is 1. The Morgan fingerprint density at radius 2 is 0.582 bits per heavy atom. The van der Waals surface area contributed by atoms with Gasteiger partial charge in [-0.05, 0) is 153 Å². The lowest BCUT2D eigenvalue weighted by molar-refractivity contribution is 0.562. The predicted octanol–water partition coefficient (Wildman–Crippen LogP) is 16.4. The first-order valence-corrected chi connectivity index (χ1v) is 24.2. The topological polar surface area (TPSA) is 3.24 Å². The first-order valence-electron chi connectivity index (χ1n) is 24.2. The van der Waals surface area contributed by atoms with Gasteiger partial charge in [-0.25, -0.2) is 0 Å². The molecule has 0 bridgehead atoms. The van der Waals surface area contributed by atoms with Gasteiger partial charge in [0.1, 0.15) is 0 Å². The summed E-state index contributed by atoms with van der Waals surface area (Å²) >= 11 is 0. The Labute approximate surface area is 396 Å². The van der Waals surface area contributed by atoms with Crippen LogP contribution in [0.3, 0.4) is 0 Å². The van der Waals surface area contributed by atoms with E-state index in [-0.39, 0.29) is 10.8 Å². The number of hydrogen-bond donors (Lipinski definition) is 0. The van der Waals surface area contributed by atoms with E-state index in [1.807, 2.05) is 0 Å². The van der Waals surface area contributed by atoms with Crippen molar-refractivity contribution in [1.82, 2.24) is 0 Å². The monoisotopic (exact) mass is 861 g/mol. The van der Waals surface area contributed by atoms with Gasteiger partial charge in [-0.1, -0.05) is 202 Å². The van der Waals surface area contributed by atoms with Crippen LogP contribution in [0.1, 0.15) is 117 Å². The minimum Gasteiger partial charge on any atom is -0.310 e. The third-order valence-corrected chi connectivity index (χ3v) is 16.6. The SMILES string of the molecule is Cc1ccc2c(c1)C1(c3ccccc3-c3ccc(N(c4ccccc4)c4ccc5c(c4)C4(c6ccccc6-5)c5cc(C)ccc5C(C)(C)c5ccc(C)cc54)cc31)c1cc(C)ccc1C2(C)C. The molecule has 9 aromatic carbocycles. The van der Waals surface area contributed by atoms with E-state index >= 15 is 0 Å². The Hall–Kier alpha value is -7.22. The predicted molar refractivity (Wildman–Crippen MR) is 279 cm³/mol. The highest BCUT2D eigenvalue weighted by Crippen LogP contribution is 2.65. The second-order valence-corrected chi connectivity index (χ2v) is 21.2. The fourth-order valence-electron chi connectivity index (χ4n) is 13.6. The van der Waals surface area contributed by atoms with Crippen molar-refractivity contribution in [2.75, 3.05) is 4.90 Å². The van der Waals surface area contributed by atoms with Gasteiger partial charge in [0.05, 0.1) is 10.8 Å². The molecule has 2 spiro atoms. The lowest BCUT2D eigenvalue weighted by Crippen LogP contribution is -2.41. The van der Waals surface area contributed by atoms with Crippen LogP contribution in [0.15, 0.2) is 188 Å². The van der Waals surface area contributed by atoms with Gasteiger partial charge in [0.15, 0.2) is 0 Å². The molecule has 0 amide bonds. The van der Waals surface area contributed by atoms with E-state index in [4.69, 9.17) is 0 Å². The highest BCUT2D eigenvalue weighted by molar-refractivity contribution is 5.94. The largest absolute Gasteiger partial charge is 0.310 e. The second-order valence-electron chi connectivity index (χ2n) is 21.2. The van der Waals surface area contributed by atoms with Gasteiger partial charge in [-0.15, -0.1) is 0 Å². The molecule has 0 saturated carbocycles. The number of para-hydroxylation sites is 1. The van der Waals surface area contributed by atoms with Gasteiger partial charge < -0.3 is 4.90 Å². The zero-order chi connectivity index (χ0) is 45.8. The summed E-state index contributed by atoms with van der Waals surface area (Å²) in [6.07, 6.45) is 0. The molecule has 0 unspecified atom stereocenters. The van der Waals surface area contributed by atoms with Crippen molar-refractivity contribution < 1.29 is 0 Å². The molecule has 4 aliphatic rings. The summed E-state index contributed by atoms with van der Waals surface area (Å²) in [5.41, 5.74) is 29.0. The van der Waals surface area contributed by atoms with Crippen LogP contribution in [0.4, 0.5) is 17.1 Å². The molecule has 1 heteroatoms. The number of anilines is 3. The van der Waals surface area contributed by atoms with Gasteiger partial charge in [0.25, 0.3) is 0 Å². The molecule has 0 radical (unpaired) electrons. The number of benzene rings is 9. The van der Waals surface area contributed by atoms with Crippen molar-refractivity contribution in [2.45, 2.75) is 77.0 Å². The van der Waals surface area contributed by atoms with Crippen molar-refractivity contribution in [2.24, 2.45) is 0 Å². The Kier molecular flexibility index (Phi) is 8.18. The van der Waals surface area contributed by atoms with Crippen LogP contribution in [0.25, 0.3) is 22.3 Å². The fourth-order valence-corrected chi connectivity index (χ4v) is 13.6. The zero-order valence-electron chi connectivity index (χ0n) is 39.8. The maximum absolute atomic E-state index is 2.55. The van der Waals surface area contributed by atoms with Crippen molar-refractivity contribution >= 4 is 17.1 Å². The molecule has 324 valence electrons. The maximum Gasteiger partial charge on any atom is 0.0720 e. The molecule has 67 heavy (non-hydrogen) atoms. The van der Waals surface area contributed by atoms with E-state index in [1.165, 1.54) is 111 Å². The van der Waals surface area contributed by atoms with E-state index < -0.39 is 10.8 Å². The van der Waals surface area contributed by atoms with Crippen LogP contribution >= 0.6 is 0 Å². The first kappa shape index (κ1) is 40.1. The van der Waals surface area contributed by atoms with Crippen LogP contribution in [-0.4, -0.2) is 0 Å². The van der Waals surface area contributed by atoms with Crippen LogP contribution in [0.5, 0.6) is 0 Å². The van der Waals surface area contributed by atoms with Gasteiger partial charge >= 0.3 is 0 Å². The minimum atomic E-state index is -0.510. The van der Waals surface area contributed by atoms with Gasteiger partial charge in [-0.2, -0.15) is 0 Å². The van der Waals surface area contributed by atoms with Crippen LogP contribution in [0, 0.1) is 27.7 Å². The molecule has 9 aromatic rings. The lowest BCUT2D eigenvalue weighted by Gasteiger charge is -2.47. The van der Waals surface area contributed by atoms with Crippen molar-refractivity contribution in [1.29, 1.82) is 0 Å². The van der Waals surface area contributed by atoms with Gasteiger partial charge in [0, 0.05) is 27.9 Å². The smallest absolute Gasteiger partial charge is 0.0720 e. The van der Waals surface area contributed by atoms with E-state index in [2.05, 4.69) is 248 Å². The van der Waals surface area contributed by atoms with Crippen molar-refractivity contribution in [3.8, 4) is 22.3 Å². The van der Waals surface area contributed by atoms with Crippen molar-refractivity contribution in [3.05, 3.63) is 277 Å². The Morgan fingerprint density at radius 1 is 0.254 bits per heavy atom. The van der Waals surface area contributed by atoms with Crippen LogP contribution < -0.4 is 4.90 Å². The number of aryl methyl sites for hydroxylation is 4. The van der Waals surface area contributed by atoms with Crippen LogP contribution in [0.2, 0.25) is 0 Å². The average molecular weight is 862 g/mol.